The molecule has 16 amide bonds. The minimum Gasteiger partial charge on any atom is -0.480 e. The van der Waals surface area contributed by atoms with Crippen molar-refractivity contribution in [2.24, 2.45) is 52.0 Å². The van der Waals surface area contributed by atoms with Gasteiger partial charge in [-0.05, 0) is 125 Å². The van der Waals surface area contributed by atoms with Crippen LogP contribution in [0.4, 0.5) is 5.69 Å². The summed E-state index contributed by atoms with van der Waals surface area (Å²) < 4.78 is 0. The number of rotatable bonds is 33. The Kier molecular flexibility index (Phi) is 48.7. The predicted octanol–water partition coefficient (Wildman–Crippen LogP) is -6.31. The van der Waals surface area contributed by atoms with Crippen molar-refractivity contribution in [3.63, 3.8) is 0 Å². The Morgan fingerprint density at radius 3 is 1.39 bits per heavy atom. The molecule has 4 bridgehead atoms. The van der Waals surface area contributed by atoms with E-state index < -0.39 is 247 Å². The monoisotopic (exact) mass is 2000 g/mol. The van der Waals surface area contributed by atoms with Gasteiger partial charge in [-0.15, -0.1) is 0 Å². The number of hydrogen-bond acceptors (Lipinski definition) is 26. The molecule has 0 radical (unpaired) electrons. The molecule has 53 heteroatoms. The third-order valence-corrected chi connectivity index (χ3v) is 25.6. The van der Waals surface area contributed by atoms with E-state index >= 15 is 33.6 Å². The van der Waals surface area contributed by atoms with Gasteiger partial charge in [-0.2, -0.15) is 35.3 Å². The van der Waals surface area contributed by atoms with Crippen LogP contribution in [0.1, 0.15) is 148 Å². The van der Waals surface area contributed by atoms with Crippen LogP contribution in [0, 0.1) is 38.9 Å². The Morgan fingerprint density at radius 2 is 0.906 bits per heavy atom. The molecule has 2 aromatic rings. The molecule has 4 fully saturated rings. The standard InChI is InChI=1S/C86H138N32O18S3/c1-47(2)37-58-74(128)104-55(17-10-31-101-84(93)94)72(126)113-62(77(131)108-57(81(135)136)18-11-32-102-85(95)96)42-138-35-27-67(121)116-44-115-45-117(46-116)68(122)28-36-139-43-63(76(130)106-53(15-8-29-99-82(89)90)70(124)107-56(73(127)109-58)24-25-65(88)119)114-79(133)64-19-12-33-118(64)80(134)60(38-48(3)4)111-71(125)54(16-9-30-100-83(91)92)105-75(129)59(40-49-13-6-5-7-14-49)110-78(132)61(41-137-34-26-66(115)120)112-69(123)52(87)39-50-20-22-51(23-21-50)103-86(97)98/h5-7,13-14,20-23,47-48,52-64H,8-12,15-19,24-46,87H2,1-4H3,(H2,88,119)(H,104,128)(H,105,129)(H,106,130)(H,107,124)(H,108,131)(H,109,127)(H,110,132)(H,111,125)(H,112,123)(H,113,126)(H,114,133)(H,135,136)(H4,89,90,99)(H4,91,92,100)(H4,93,94,101)(H4,95,96,102)(H4,97,98,103)/t52-,53+,54+,55+,56+,57+,58+,59+,60+,61+,62+,63+,64+/m1/s1. The molecule has 139 heavy (non-hydrogen) atoms. The van der Waals surface area contributed by atoms with Crippen LogP contribution >= 0.6 is 35.3 Å². The lowest BCUT2D eigenvalue weighted by molar-refractivity contribution is -0.158. The van der Waals surface area contributed by atoms with E-state index in [2.05, 4.69) is 85.1 Å². The molecular weight excluding hydrogens is 1870 g/mol. The molecule has 13 atom stereocenters. The maximum atomic E-state index is 15.4. The van der Waals surface area contributed by atoms with Gasteiger partial charge in [0.2, 0.25) is 94.5 Å². The Balaban J connectivity index is 1.53. The van der Waals surface area contributed by atoms with Gasteiger partial charge in [-0.3, -0.25) is 104 Å². The average molecular weight is 2000 g/mol. The van der Waals surface area contributed by atoms with Crippen molar-refractivity contribution in [1.82, 2.24) is 99.4 Å². The molecule has 36 N–H and O–H groups in total. The number of nitrogens with one attached hydrogen (secondary N) is 21. The van der Waals surface area contributed by atoms with E-state index in [1.807, 2.05) is 0 Å². The fourth-order valence-electron chi connectivity index (χ4n) is 15.2. The summed E-state index contributed by atoms with van der Waals surface area (Å²) >= 11 is 2.89. The van der Waals surface area contributed by atoms with Gasteiger partial charge in [-0.1, -0.05) is 70.2 Å². The second-order valence-corrected chi connectivity index (χ2v) is 38.3. The quantitative estimate of drug-likeness (QED) is 0.0180. The van der Waals surface area contributed by atoms with Crippen molar-refractivity contribution in [3.8, 4) is 0 Å². The maximum Gasteiger partial charge on any atom is 0.326 e. The number of carboxylic acid groups (broad SMARTS) is 1. The predicted molar refractivity (Wildman–Crippen MR) is 522 cm³/mol. The molecule has 2 aromatic carbocycles. The summed E-state index contributed by atoms with van der Waals surface area (Å²) in [5.74, 6) is -20.3. The number of thioether (sulfide) groups is 3. The lowest BCUT2D eigenvalue weighted by Gasteiger charge is -2.42. The number of primary amides is 1. The van der Waals surface area contributed by atoms with E-state index in [4.69, 9.17) is 67.2 Å². The van der Waals surface area contributed by atoms with Crippen LogP contribution in [0.5, 0.6) is 0 Å². The Morgan fingerprint density at radius 1 is 0.475 bits per heavy atom. The van der Waals surface area contributed by atoms with E-state index in [1.54, 1.807) is 82.3 Å². The second-order valence-electron chi connectivity index (χ2n) is 34.8. The van der Waals surface area contributed by atoms with Crippen molar-refractivity contribution < 1.29 is 86.6 Å². The van der Waals surface area contributed by atoms with Crippen LogP contribution in [-0.2, 0) is 94.3 Å². The van der Waals surface area contributed by atoms with E-state index in [9.17, 15) is 53.1 Å². The lowest BCUT2D eigenvalue weighted by atomic mass is 10.0. The Labute approximate surface area is 818 Å². The van der Waals surface area contributed by atoms with Gasteiger partial charge < -0.3 is 150 Å². The molecule has 4 saturated heterocycles. The number of carboxylic acids is 1. The number of fused-ring (bicyclic) bond motifs is 8. The van der Waals surface area contributed by atoms with E-state index in [0.29, 0.717) is 16.8 Å². The molecule has 4 aliphatic heterocycles. The number of benzene rings is 2. The minimum atomic E-state index is -1.75. The largest absolute Gasteiger partial charge is 0.480 e. The number of carbonyl (C=O) groups excluding carboxylic acids is 16. The topological polar surface area (TPSA) is 817 Å². The van der Waals surface area contributed by atoms with Crippen molar-refractivity contribution in [3.05, 3.63) is 65.7 Å². The van der Waals surface area contributed by atoms with Crippen LogP contribution in [0.15, 0.2) is 54.6 Å². The molecule has 50 nitrogen and oxygen atoms in total. The van der Waals surface area contributed by atoms with Crippen LogP contribution in [0.2, 0.25) is 0 Å². The number of amides is 16. The maximum absolute atomic E-state index is 15.4. The highest BCUT2D eigenvalue weighted by molar-refractivity contribution is 7.99. The van der Waals surface area contributed by atoms with Gasteiger partial charge in [0, 0.05) is 105 Å². The molecule has 0 aromatic heterocycles. The zero-order valence-corrected chi connectivity index (χ0v) is 81.1. The summed E-state index contributed by atoms with van der Waals surface area (Å²) in [5.41, 5.74) is 41.7. The summed E-state index contributed by atoms with van der Waals surface area (Å²) in [4.78, 5) is 256. The number of nitrogens with zero attached hydrogens (tertiary/aromatic N) is 4. The van der Waals surface area contributed by atoms with E-state index in [1.165, 1.54) is 19.6 Å². The summed E-state index contributed by atoms with van der Waals surface area (Å²) in [6.45, 7) is 5.47. The van der Waals surface area contributed by atoms with Crippen molar-refractivity contribution in [2.45, 2.75) is 228 Å². The SMILES string of the molecule is CC(C)C[C@@H]1NC(=O)[C@H](CCC(N)=O)NC(=O)[C@H](CCCNC(=N)N)NC(=O)[C@@H]2CSCCC(=O)N3CN(CN(C3)C(=O)CCSC[C@@H](C(=O)N[C@@H](CCCNC(=N)N)C(=O)O)NC(=O)[C@H](CCCNC(=N)N)NC1=O)C(=O)CCSC[C@H](NC(=O)[C@H](N)Cc1ccc(NC(=N)N)cc1)C(=O)N[C@@H](Cc1ccccc1)C(=O)N[C@@H](CCCNC(=N)N)C(=O)N[C@@H](CC(C)C)C(=O)N1CCC[C@H]1C(=O)N2. The van der Waals surface area contributed by atoms with Gasteiger partial charge in [0.15, 0.2) is 29.8 Å². The highest BCUT2D eigenvalue weighted by atomic mass is 32.2. The lowest BCUT2D eigenvalue weighted by Crippen LogP contribution is -2.61. The second kappa shape index (κ2) is 59.2. The van der Waals surface area contributed by atoms with Gasteiger partial charge in [0.1, 0.15) is 72.5 Å². The number of nitrogens with two attached hydrogens (primary N) is 7. The first kappa shape index (κ1) is 115. The van der Waals surface area contributed by atoms with Gasteiger partial charge in [0.25, 0.3) is 0 Å². The van der Waals surface area contributed by atoms with E-state index in [-0.39, 0.29) is 183 Å². The minimum absolute atomic E-state index is 0.00727. The number of carbonyl (C=O) groups is 17. The molecule has 4 heterocycles. The number of aliphatic carboxylic acids is 1. The normalized spacial score (nSPS) is 22.8. The molecule has 0 unspecified atom stereocenters. The molecule has 6 rings (SSSR count). The van der Waals surface area contributed by atoms with Gasteiger partial charge in [0.05, 0.1) is 26.0 Å². The average Bonchev–Trinajstić information content (AvgIpc) is 1.72. The molecule has 0 saturated carbocycles. The fourth-order valence-corrected chi connectivity index (χ4v) is 18.1. The molecule has 0 spiro atoms. The summed E-state index contributed by atoms with van der Waals surface area (Å²) in [5, 5.41) is 91.6. The Bertz CT molecular complexity index is 4620. The molecular formula is C86H138N32O18S3. The smallest absolute Gasteiger partial charge is 0.326 e. The Hall–Kier alpha value is -13.2. The fraction of sp³-hybridized carbons (Fsp3) is 0.605. The molecule has 0 aliphatic carbocycles. The molecule has 768 valence electrons. The van der Waals surface area contributed by atoms with Crippen LogP contribution in [0.25, 0.3) is 0 Å². The van der Waals surface area contributed by atoms with Crippen LogP contribution < -0.4 is 125 Å². The zero-order chi connectivity index (χ0) is 103. The van der Waals surface area contributed by atoms with Gasteiger partial charge >= 0.3 is 5.97 Å². The van der Waals surface area contributed by atoms with Crippen LogP contribution in [-0.4, -0.2) is 321 Å². The highest BCUT2D eigenvalue weighted by Crippen LogP contribution is 2.25. The van der Waals surface area contributed by atoms with Gasteiger partial charge in [-0.25, -0.2) is 4.79 Å². The number of anilines is 1. The number of hydrogen-bond donors (Lipinski definition) is 29. The first-order valence-corrected chi connectivity index (χ1v) is 49.5. The summed E-state index contributed by atoms with van der Waals surface area (Å²) in [6.07, 6.45) is -3.40. The molecule has 4 aliphatic rings. The summed E-state index contributed by atoms with van der Waals surface area (Å²) in [6, 6.07) is -5.33. The first-order chi connectivity index (χ1) is 65.9. The van der Waals surface area contributed by atoms with Crippen molar-refractivity contribution in [2.75, 3.05) is 92.6 Å². The third kappa shape index (κ3) is 41.6. The summed E-state index contributed by atoms with van der Waals surface area (Å²) in [7, 11) is 0. The highest BCUT2D eigenvalue weighted by Gasteiger charge is 2.43. The van der Waals surface area contributed by atoms with Crippen LogP contribution in [0.3, 0.4) is 0 Å². The zero-order valence-electron chi connectivity index (χ0n) is 78.6. The number of guanidine groups is 5. The first-order valence-electron chi connectivity index (χ1n) is 46.0. The third-order valence-electron chi connectivity index (χ3n) is 22.4. The van der Waals surface area contributed by atoms with E-state index in [0.717, 1.165) is 35.3 Å². The van der Waals surface area contributed by atoms with Crippen molar-refractivity contribution >= 4 is 171 Å². The van der Waals surface area contributed by atoms with Crippen molar-refractivity contribution in [1.29, 1.82) is 27.0 Å².